The van der Waals surface area contributed by atoms with Crippen molar-refractivity contribution >= 4 is 29.1 Å². The molecule has 0 bridgehead atoms. The Kier molecular flexibility index (Phi) is 5.61. The molecule has 3 aromatic rings. The first kappa shape index (κ1) is 22.4. The molecule has 172 valence electrons. The lowest BCUT2D eigenvalue weighted by Crippen LogP contribution is -2.22. The molecule has 0 aliphatic carbocycles. The molecule has 33 heavy (non-hydrogen) atoms. The van der Waals surface area contributed by atoms with Gasteiger partial charge < -0.3 is 10.6 Å². The number of nitrogens with zero attached hydrogens (tertiary/aromatic N) is 2. The Morgan fingerprint density at radius 3 is 2.39 bits per heavy atom. The van der Waals surface area contributed by atoms with Crippen molar-refractivity contribution in [1.82, 2.24) is 9.78 Å². The van der Waals surface area contributed by atoms with Gasteiger partial charge in [-0.05, 0) is 30.2 Å². The average Bonchev–Trinajstić information content (AvgIpc) is 3.15. The van der Waals surface area contributed by atoms with Crippen LogP contribution in [-0.2, 0) is 16.6 Å². The van der Waals surface area contributed by atoms with E-state index in [-0.39, 0.29) is 17.0 Å². The van der Waals surface area contributed by atoms with Crippen LogP contribution in [0.5, 0.6) is 0 Å². The molecule has 1 aromatic heterocycles. The minimum absolute atomic E-state index is 0.0444. The largest absolute Gasteiger partial charge is 0.326 e. The average molecular weight is 457 g/mol. The van der Waals surface area contributed by atoms with E-state index in [1.165, 1.54) is 0 Å². The Morgan fingerprint density at radius 2 is 1.73 bits per heavy atom. The lowest BCUT2D eigenvalue weighted by Gasteiger charge is -2.18. The second kappa shape index (κ2) is 8.27. The highest BCUT2D eigenvalue weighted by Gasteiger charge is 2.23. The van der Waals surface area contributed by atoms with E-state index in [4.69, 9.17) is 0 Å². The van der Waals surface area contributed by atoms with Gasteiger partial charge in [0.1, 0.15) is 5.82 Å². The summed E-state index contributed by atoms with van der Waals surface area (Å²) in [5.41, 5.74) is 2.45. The predicted molar refractivity (Wildman–Crippen MR) is 118 cm³/mol. The number of benzene rings is 2. The third-order valence-corrected chi connectivity index (χ3v) is 5.19. The van der Waals surface area contributed by atoms with Crippen molar-refractivity contribution in [2.75, 3.05) is 16.0 Å². The summed E-state index contributed by atoms with van der Waals surface area (Å²) in [5, 5.41) is 12.4. The summed E-state index contributed by atoms with van der Waals surface area (Å²) in [4.78, 5) is 24.2. The summed E-state index contributed by atoms with van der Waals surface area (Å²) in [6.45, 7) is 5.90. The zero-order chi connectivity index (χ0) is 23.9. The molecule has 4 rings (SSSR count). The summed E-state index contributed by atoms with van der Waals surface area (Å²) in [7, 11) is 0. The molecular weight excluding hydrogens is 435 g/mol. The van der Waals surface area contributed by atoms with Crippen LogP contribution in [0.3, 0.4) is 0 Å². The molecule has 0 spiro atoms. The summed E-state index contributed by atoms with van der Waals surface area (Å²) in [6, 6.07) is 7.70. The van der Waals surface area contributed by atoms with Crippen LogP contribution < -0.4 is 16.0 Å². The highest BCUT2D eigenvalue weighted by atomic mass is 19.2. The van der Waals surface area contributed by atoms with Crippen LogP contribution >= 0.6 is 0 Å². The van der Waals surface area contributed by atoms with Crippen LogP contribution in [-0.4, -0.2) is 21.7 Å². The van der Waals surface area contributed by atoms with E-state index in [0.29, 0.717) is 42.2 Å². The van der Waals surface area contributed by atoms with Gasteiger partial charge in [0.2, 0.25) is 5.91 Å². The Morgan fingerprint density at radius 1 is 1.03 bits per heavy atom. The quantitative estimate of drug-likeness (QED) is 0.477. The zero-order valence-electron chi connectivity index (χ0n) is 18.2. The summed E-state index contributed by atoms with van der Waals surface area (Å²) in [5.74, 6) is -4.16. The molecule has 3 N–H and O–H groups in total. The van der Waals surface area contributed by atoms with Crippen molar-refractivity contribution in [2.24, 2.45) is 0 Å². The smallest absolute Gasteiger partial charge is 0.324 e. The van der Waals surface area contributed by atoms with Gasteiger partial charge in [0.15, 0.2) is 17.5 Å². The number of fused-ring (bicyclic) bond motifs is 1. The van der Waals surface area contributed by atoms with Gasteiger partial charge in [-0.1, -0.05) is 20.8 Å². The first-order valence-electron chi connectivity index (χ1n) is 10.3. The number of nitrogens with one attached hydrogen (secondary N) is 3. The van der Waals surface area contributed by atoms with Crippen molar-refractivity contribution in [3.05, 3.63) is 65.1 Å². The van der Waals surface area contributed by atoms with Crippen LogP contribution in [0.4, 0.5) is 35.2 Å². The van der Waals surface area contributed by atoms with Gasteiger partial charge in [-0.15, -0.1) is 0 Å². The lowest BCUT2D eigenvalue weighted by atomic mass is 9.92. The van der Waals surface area contributed by atoms with Crippen LogP contribution in [0, 0.1) is 17.5 Å². The normalized spacial score (nSPS) is 13.3. The summed E-state index contributed by atoms with van der Waals surface area (Å²) < 4.78 is 41.7. The molecule has 0 radical (unpaired) electrons. The Bertz CT molecular complexity index is 1240. The first-order chi connectivity index (χ1) is 15.5. The SMILES string of the molecule is CC(C)(C)c1cc(NC(=O)Nc2cc(F)c(F)c(F)c2)n(-c2ccc3c(c2)CCC(=O)N3)n1. The van der Waals surface area contributed by atoms with Crippen molar-refractivity contribution in [1.29, 1.82) is 0 Å². The number of carbonyl (C=O) groups is 2. The number of carbonyl (C=O) groups excluding carboxylic acids is 2. The van der Waals surface area contributed by atoms with E-state index in [1.807, 2.05) is 26.8 Å². The third-order valence-electron chi connectivity index (χ3n) is 5.19. The topological polar surface area (TPSA) is 88.0 Å². The number of rotatable bonds is 3. The molecule has 2 heterocycles. The molecule has 0 unspecified atom stereocenters. The van der Waals surface area contributed by atoms with Crippen molar-refractivity contribution in [2.45, 2.75) is 39.0 Å². The predicted octanol–water partition coefficient (Wildman–Crippen LogP) is 5.12. The number of amides is 3. The fraction of sp³-hybridized carbons (Fsp3) is 0.261. The number of halogens is 3. The van der Waals surface area contributed by atoms with Crippen molar-refractivity contribution in [3.63, 3.8) is 0 Å². The minimum atomic E-state index is -1.61. The second-order valence-corrected chi connectivity index (χ2v) is 8.80. The number of hydrogen-bond donors (Lipinski definition) is 3. The van der Waals surface area contributed by atoms with Gasteiger partial charge in [0.05, 0.1) is 11.4 Å². The molecule has 2 aromatic carbocycles. The van der Waals surface area contributed by atoms with Gasteiger partial charge in [0, 0.05) is 41.4 Å². The second-order valence-electron chi connectivity index (χ2n) is 8.80. The van der Waals surface area contributed by atoms with Crippen molar-refractivity contribution < 1.29 is 22.8 Å². The molecule has 3 amide bonds. The Balaban J connectivity index is 1.65. The van der Waals surface area contributed by atoms with E-state index in [2.05, 4.69) is 21.0 Å². The fourth-order valence-electron chi connectivity index (χ4n) is 3.44. The fourth-order valence-corrected chi connectivity index (χ4v) is 3.44. The van der Waals surface area contributed by atoms with Gasteiger partial charge in [-0.3, -0.25) is 10.1 Å². The van der Waals surface area contributed by atoms with Gasteiger partial charge in [0.25, 0.3) is 0 Å². The molecule has 7 nitrogen and oxygen atoms in total. The lowest BCUT2D eigenvalue weighted by molar-refractivity contribution is -0.116. The Labute approximate surface area is 188 Å². The van der Waals surface area contributed by atoms with Crippen molar-refractivity contribution in [3.8, 4) is 5.69 Å². The number of aromatic nitrogens is 2. The molecule has 1 aliphatic heterocycles. The standard InChI is InChI=1S/C23H22F3N5O2/c1-23(2,3)18-11-19(29-22(33)27-13-9-15(24)21(26)16(25)10-13)31(30-18)14-5-6-17-12(8-14)4-7-20(32)28-17/h5-6,8-11H,4,7H2,1-3H3,(H,28,32)(H2,27,29,33). The summed E-state index contributed by atoms with van der Waals surface area (Å²) >= 11 is 0. The molecule has 0 atom stereocenters. The van der Waals surface area contributed by atoms with Gasteiger partial charge in [-0.25, -0.2) is 22.6 Å². The van der Waals surface area contributed by atoms with Crippen LogP contribution in [0.15, 0.2) is 36.4 Å². The maximum atomic E-state index is 13.5. The molecule has 10 heteroatoms. The van der Waals surface area contributed by atoms with Gasteiger partial charge >= 0.3 is 6.03 Å². The highest BCUT2D eigenvalue weighted by Crippen LogP contribution is 2.30. The monoisotopic (exact) mass is 457 g/mol. The molecule has 1 aliphatic rings. The first-order valence-corrected chi connectivity index (χ1v) is 10.3. The zero-order valence-corrected chi connectivity index (χ0v) is 18.2. The maximum Gasteiger partial charge on any atom is 0.324 e. The number of anilines is 3. The molecule has 0 saturated heterocycles. The number of hydrogen-bond acceptors (Lipinski definition) is 3. The van der Waals surface area contributed by atoms with E-state index in [1.54, 1.807) is 22.9 Å². The number of urea groups is 1. The van der Waals surface area contributed by atoms with Gasteiger partial charge in [-0.2, -0.15) is 5.10 Å². The third kappa shape index (κ3) is 4.69. The molecule has 0 fully saturated rings. The van der Waals surface area contributed by atoms with Crippen LogP contribution in [0.25, 0.3) is 5.69 Å². The highest BCUT2D eigenvalue weighted by molar-refractivity contribution is 5.99. The van der Waals surface area contributed by atoms with E-state index < -0.39 is 23.5 Å². The number of aryl methyl sites for hydroxylation is 1. The van der Waals surface area contributed by atoms with E-state index in [9.17, 15) is 22.8 Å². The summed E-state index contributed by atoms with van der Waals surface area (Å²) in [6.07, 6.45) is 0.953. The van der Waals surface area contributed by atoms with E-state index in [0.717, 1.165) is 11.3 Å². The van der Waals surface area contributed by atoms with Crippen LogP contribution in [0.1, 0.15) is 38.4 Å². The molecular formula is C23H22F3N5O2. The maximum absolute atomic E-state index is 13.5. The van der Waals surface area contributed by atoms with E-state index >= 15 is 0 Å². The Hall–Kier alpha value is -3.82. The molecule has 0 saturated carbocycles. The van der Waals surface area contributed by atoms with Crippen LogP contribution in [0.2, 0.25) is 0 Å². The minimum Gasteiger partial charge on any atom is -0.326 e.